The fraction of sp³-hybridized carbons (Fsp3) is 0.400. The summed E-state index contributed by atoms with van der Waals surface area (Å²) in [5.74, 6) is 1.08. The van der Waals surface area contributed by atoms with Crippen LogP contribution in [0.25, 0.3) is 0 Å². The lowest BCUT2D eigenvalue weighted by atomic mass is 10.1. The first-order valence-electron chi connectivity index (χ1n) is 7.10. The Balaban J connectivity index is 1.88. The van der Waals surface area contributed by atoms with Gasteiger partial charge in [0.15, 0.2) is 0 Å². The van der Waals surface area contributed by atoms with Crippen LogP contribution in [0.15, 0.2) is 24.4 Å². The van der Waals surface area contributed by atoms with Crippen LogP contribution >= 0.6 is 0 Å². The van der Waals surface area contributed by atoms with E-state index in [1.54, 1.807) is 6.07 Å². The molecule has 0 amide bonds. The maximum absolute atomic E-state index is 12.8. The summed E-state index contributed by atoms with van der Waals surface area (Å²) in [5, 5.41) is 0. The number of halogens is 3. The normalized spacial score (nSPS) is 14.8. The van der Waals surface area contributed by atoms with E-state index in [1.807, 2.05) is 18.0 Å². The van der Waals surface area contributed by atoms with E-state index in [0.29, 0.717) is 25.3 Å². The molecule has 7 heteroatoms. The Labute approximate surface area is 126 Å². The monoisotopic (exact) mass is 308 g/mol. The third kappa shape index (κ3) is 2.88. The molecule has 0 saturated carbocycles. The number of anilines is 1. The van der Waals surface area contributed by atoms with Crippen LogP contribution in [0, 0.1) is 0 Å². The van der Waals surface area contributed by atoms with Gasteiger partial charge in [-0.15, -0.1) is 0 Å². The van der Waals surface area contributed by atoms with Crippen LogP contribution in [0.2, 0.25) is 0 Å². The highest BCUT2D eigenvalue weighted by molar-refractivity contribution is 5.43. The minimum Gasteiger partial charge on any atom is -0.350 e. The maximum Gasteiger partial charge on any atom is 0.433 e. The Bertz CT molecular complexity index is 685. The fourth-order valence-electron chi connectivity index (χ4n) is 2.47. The zero-order valence-electron chi connectivity index (χ0n) is 12.1. The zero-order chi connectivity index (χ0) is 15.7. The number of alkyl halides is 3. The van der Waals surface area contributed by atoms with Gasteiger partial charge < -0.3 is 4.90 Å². The molecule has 0 aromatic carbocycles. The van der Waals surface area contributed by atoms with Gasteiger partial charge in [0.2, 0.25) is 0 Å². The summed E-state index contributed by atoms with van der Waals surface area (Å²) >= 11 is 0. The predicted molar refractivity (Wildman–Crippen MR) is 75.4 cm³/mol. The van der Waals surface area contributed by atoms with Crippen molar-refractivity contribution in [2.45, 2.75) is 32.5 Å². The van der Waals surface area contributed by atoms with Crippen molar-refractivity contribution in [2.75, 3.05) is 11.4 Å². The molecular formula is C15H15F3N4. The van der Waals surface area contributed by atoms with Gasteiger partial charge in [0.1, 0.15) is 17.3 Å². The van der Waals surface area contributed by atoms with Crippen molar-refractivity contribution in [3.63, 3.8) is 0 Å². The van der Waals surface area contributed by atoms with E-state index in [9.17, 15) is 13.2 Å². The number of aryl methyl sites for hydroxylation is 1. The highest BCUT2D eigenvalue weighted by Gasteiger charge is 2.33. The van der Waals surface area contributed by atoms with E-state index in [-0.39, 0.29) is 0 Å². The summed E-state index contributed by atoms with van der Waals surface area (Å²) in [7, 11) is 0. The van der Waals surface area contributed by atoms with Gasteiger partial charge in [-0.05, 0) is 24.1 Å². The minimum absolute atomic E-state index is 0.331. The van der Waals surface area contributed by atoms with Gasteiger partial charge in [-0.3, -0.25) is 0 Å². The van der Waals surface area contributed by atoms with E-state index < -0.39 is 11.9 Å². The van der Waals surface area contributed by atoms with Gasteiger partial charge in [-0.2, -0.15) is 13.2 Å². The molecule has 22 heavy (non-hydrogen) atoms. The molecule has 0 unspecified atom stereocenters. The van der Waals surface area contributed by atoms with Crippen LogP contribution in [0.4, 0.5) is 19.0 Å². The number of hydrogen-bond donors (Lipinski definition) is 0. The number of pyridine rings is 1. The highest BCUT2D eigenvalue weighted by atomic mass is 19.4. The van der Waals surface area contributed by atoms with Crippen LogP contribution < -0.4 is 4.90 Å². The molecule has 116 valence electrons. The van der Waals surface area contributed by atoms with E-state index in [2.05, 4.69) is 15.0 Å². The summed E-state index contributed by atoms with van der Waals surface area (Å²) in [6.45, 7) is 3.03. The average Bonchev–Trinajstić information content (AvgIpc) is 2.53. The first-order chi connectivity index (χ1) is 10.5. The highest BCUT2D eigenvalue weighted by Crippen LogP contribution is 2.30. The molecule has 2 aromatic heterocycles. The summed E-state index contributed by atoms with van der Waals surface area (Å²) in [5.41, 5.74) is 1.06. The molecule has 0 fully saturated rings. The molecule has 2 aromatic rings. The molecule has 0 aliphatic carbocycles. The molecule has 3 rings (SSSR count). The van der Waals surface area contributed by atoms with Crippen LogP contribution in [0.1, 0.15) is 29.7 Å². The molecule has 3 heterocycles. The molecular weight excluding hydrogens is 293 g/mol. The Kier molecular flexibility index (Phi) is 3.72. The van der Waals surface area contributed by atoms with Crippen LogP contribution in [0.5, 0.6) is 0 Å². The fourth-order valence-corrected chi connectivity index (χ4v) is 2.47. The van der Waals surface area contributed by atoms with Crippen LogP contribution in [-0.2, 0) is 25.6 Å². The molecule has 0 saturated heterocycles. The third-order valence-corrected chi connectivity index (χ3v) is 3.66. The third-order valence-electron chi connectivity index (χ3n) is 3.66. The van der Waals surface area contributed by atoms with Gasteiger partial charge in [-0.1, -0.05) is 13.0 Å². The largest absolute Gasteiger partial charge is 0.433 e. The molecule has 0 atom stereocenters. The first-order valence-corrected chi connectivity index (χ1v) is 7.10. The number of fused-ring (bicyclic) bond motifs is 1. The summed E-state index contributed by atoms with van der Waals surface area (Å²) in [6, 6.07) is 3.97. The SMILES string of the molecule is CCc1ncc2c(n1)CN(c1cccc(C(F)(F)F)n1)CC2. The van der Waals surface area contributed by atoms with Crippen molar-refractivity contribution >= 4 is 5.82 Å². The lowest BCUT2D eigenvalue weighted by molar-refractivity contribution is -0.141. The zero-order valence-corrected chi connectivity index (χ0v) is 12.1. The van der Waals surface area contributed by atoms with Gasteiger partial charge in [-0.25, -0.2) is 15.0 Å². The Morgan fingerprint density at radius 1 is 1.23 bits per heavy atom. The van der Waals surface area contributed by atoms with Crippen molar-refractivity contribution in [3.8, 4) is 0 Å². The second-order valence-corrected chi connectivity index (χ2v) is 5.16. The lowest BCUT2D eigenvalue weighted by Crippen LogP contribution is -2.32. The Hall–Kier alpha value is -2.18. The lowest BCUT2D eigenvalue weighted by Gasteiger charge is -2.29. The second-order valence-electron chi connectivity index (χ2n) is 5.16. The van der Waals surface area contributed by atoms with E-state index in [0.717, 1.165) is 29.6 Å². The van der Waals surface area contributed by atoms with Crippen molar-refractivity contribution in [1.82, 2.24) is 15.0 Å². The van der Waals surface area contributed by atoms with E-state index in [4.69, 9.17) is 0 Å². The quantitative estimate of drug-likeness (QED) is 0.855. The second kappa shape index (κ2) is 5.55. The number of aromatic nitrogens is 3. The maximum atomic E-state index is 12.8. The molecule has 0 bridgehead atoms. The minimum atomic E-state index is -4.43. The van der Waals surface area contributed by atoms with Crippen molar-refractivity contribution in [3.05, 3.63) is 47.2 Å². The Morgan fingerprint density at radius 2 is 2.05 bits per heavy atom. The van der Waals surface area contributed by atoms with E-state index in [1.165, 1.54) is 6.07 Å². The topological polar surface area (TPSA) is 41.9 Å². The van der Waals surface area contributed by atoms with Gasteiger partial charge >= 0.3 is 6.18 Å². The molecule has 0 N–H and O–H groups in total. The average molecular weight is 308 g/mol. The molecule has 0 spiro atoms. The molecule has 4 nitrogen and oxygen atoms in total. The van der Waals surface area contributed by atoms with Gasteiger partial charge in [0.05, 0.1) is 12.2 Å². The van der Waals surface area contributed by atoms with Crippen LogP contribution in [-0.4, -0.2) is 21.5 Å². The van der Waals surface area contributed by atoms with Crippen LogP contribution in [0.3, 0.4) is 0 Å². The predicted octanol–water partition coefficient (Wildman–Crippen LogP) is 3.02. The summed E-state index contributed by atoms with van der Waals surface area (Å²) in [6.07, 6.45) is -1.17. The number of hydrogen-bond acceptors (Lipinski definition) is 4. The molecule has 0 radical (unpaired) electrons. The van der Waals surface area contributed by atoms with Gasteiger partial charge in [0, 0.05) is 19.2 Å². The van der Waals surface area contributed by atoms with Crippen molar-refractivity contribution in [2.24, 2.45) is 0 Å². The first kappa shape index (κ1) is 14.7. The number of nitrogens with zero attached hydrogens (tertiary/aromatic N) is 4. The molecule has 1 aliphatic heterocycles. The van der Waals surface area contributed by atoms with Gasteiger partial charge in [0.25, 0.3) is 0 Å². The Morgan fingerprint density at radius 3 is 2.77 bits per heavy atom. The van der Waals surface area contributed by atoms with E-state index >= 15 is 0 Å². The van der Waals surface area contributed by atoms with Crippen molar-refractivity contribution in [1.29, 1.82) is 0 Å². The number of rotatable bonds is 2. The molecule has 1 aliphatic rings. The smallest absolute Gasteiger partial charge is 0.350 e. The summed E-state index contributed by atoms with van der Waals surface area (Å²) < 4.78 is 38.3. The standard InChI is InChI=1S/C15H15F3N4/c1-2-13-19-8-10-6-7-22(9-11(10)20-13)14-5-3-4-12(21-14)15(16,17)18/h3-5,8H,2,6-7,9H2,1H3. The summed E-state index contributed by atoms with van der Waals surface area (Å²) in [4.78, 5) is 14.3. The van der Waals surface area contributed by atoms with Crippen molar-refractivity contribution < 1.29 is 13.2 Å².